The maximum absolute atomic E-state index is 12.6. The van der Waals surface area contributed by atoms with E-state index in [1.807, 2.05) is 42.5 Å². The molecule has 3 aromatic rings. The van der Waals surface area contributed by atoms with Gasteiger partial charge in [-0.15, -0.1) is 0 Å². The molecule has 0 atom stereocenters. The Kier molecular flexibility index (Phi) is 6.86. The van der Waals surface area contributed by atoms with Crippen LogP contribution in [0.25, 0.3) is 0 Å². The number of aromatic nitrogens is 1. The number of methoxy groups -OCH3 is 1. The number of ether oxygens (including phenoxy) is 2. The van der Waals surface area contributed by atoms with Gasteiger partial charge < -0.3 is 24.2 Å². The van der Waals surface area contributed by atoms with Gasteiger partial charge in [0, 0.05) is 12.2 Å². The Balaban J connectivity index is 1.73. The number of benzene rings is 1. The van der Waals surface area contributed by atoms with Crippen molar-refractivity contribution in [1.29, 1.82) is 0 Å². The summed E-state index contributed by atoms with van der Waals surface area (Å²) in [6.07, 6.45) is 1.68. The Morgan fingerprint density at radius 3 is 2.59 bits per heavy atom. The van der Waals surface area contributed by atoms with E-state index in [1.54, 1.807) is 13.2 Å². The summed E-state index contributed by atoms with van der Waals surface area (Å²) in [5.41, 5.74) is 3.40. The van der Waals surface area contributed by atoms with Gasteiger partial charge in [0.1, 0.15) is 18.1 Å². The topological polar surface area (TPSA) is 93.6 Å². The highest BCUT2D eigenvalue weighted by Gasteiger charge is 2.22. The van der Waals surface area contributed by atoms with Crippen molar-refractivity contribution < 1.29 is 23.5 Å². The summed E-state index contributed by atoms with van der Waals surface area (Å²) in [5.74, 6) is -0.0383. The van der Waals surface area contributed by atoms with Crippen LogP contribution in [0.3, 0.4) is 0 Å². The SMILES string of the molecule is COC(=O)Cc1c(CNCc2ccco2)[nH]c(C(=O)OCc2ccccc2)c1C. The number of H-pyrrole nitrogens is 1. The van der Waals surface area contributed by atoms with Gasteiger partial charge in [0.15, 0.2) is 0 Å². The molecule has 3 rings (SSSR count). The fraction of sp³-hybridized carbons (Fsp3) is 0.273. The lowest BCUT2D eigenvalue weighted by molar-refractivity contribution is -0.139. The number of carbonyl (C=O) groups is 2. The Morgan fingerprint density at radius 2 is 1.90 bits per heavy atom. The summed E-state index contributed by atoms with van der Waals surface area (Å²) in [6, 6.07) is 13.2. The molecule has 0 unspecified atom stereocenters. The van der Waals surface area contributed by atoms with Gasteiger partial charge in [-0.05, 0) is 35.7 Å². The van der Waals surface area contributed by atoms with Gasteiger partial charge >= 0.3 is 11.9 Å². The number of nitrogens with one attached hydrogen (secondary N) is 2. The molecule has 29 heavy (non-hydrogen) atoms. The summed E-state index contributed by atoms with van der Waals surface area (Å²) in [5, 5.41) is 3.24. The van der Waals surface area contributed by atoms with E-state index in [-0.39, 0.29) is 19.0 Å². The van der Waals surface area contributed by atoms with Crippen molar-refractivity contribution in [2.45, 2.75) is 33.0 Å². The molecule has 0 aliphatic heterocycles. The number of furan rings is 1. The van der Waals surface area contributed by atoms with Crippen molar-refractivity contribution in [3.05, 3.63) is 82.6 Å². The lowest BCUT2D eigenvalue weighted by Crippen LogP contribution is -2.15. The standard InChI is InChI=1S/C22H24N2O5/c1-15-18(11-20(25)27-2)19(13-23-12-17-9-6-10-28-17)24-21(15)22(26)29-14-16-7-4-3-5-8-16/h3-10,23-24H,11-14H2,1-2H3. The minimum atomic E-state index is -0.463. The number of hydrogen-bond acceptors (Lipinski definition) is 6. The molecule has 0 saturated carbocycles. The van der Waals surface area contributed by atoms with E-state index in [1.165, 1.54) is 7.11 Å². The fourth-order valence-electron chi connectivity index (χ4n) is 3.03. The molecule has 0 bridgehead atoms. The normalized spacial score (nSPS) is 10.7. The van der Waals surface area contributed by atoms with Crippen molar-refractivity contribution in [1.82, 2.24) is 10.3 Å². The number of rotatable bonds is 9. The first-order valence-electron chi connectivity index (χ1n) is 9.29. The lowest BCUT2D eigenvalue weighted by Gasteiger charge is -2.06. The quantitative estimate of drug-likeness (QED) is 0.539. The van der Waals surface area contributed by atoms with Crippen molar-refractivity contribution >= 4 is 11.9 Å². The molecule has 0 aliphatic carbocycles. The molecule has 152 valence electrons. The second-order valence-corrected chi connectivity index (χ2v) is 6.58. The van der Waals surface area contributed by atoms with Gasteiger partial charge in [-0.1, -0.05) is 30.3 Å². The molecule has 1 aromatic carbocycles. The Bertz CT molecular complexity index is 945. The van der Waals surface area contributed by atoms with E-state index in [4.69, 9.17) is 13.9 Å². The zero-order valence-corrected chi connectivity index (χ0v) is 16.5. The molecule has 7 nitrogen and oxygen atoms in total. The lowest BCUT2D eigenvalue weighted by atomic mass is 10.1. The van der Waals surface area contributed by atoms with Gasteiger partial charge in [-0.25, -0.2) is 4.79 Å². The summed E-state index contributed by atoms with van der Waals surface area (Å²) in [4.78, 5) is 27.6. The maximum atomic E-state index is 12.6. The van der Waals surface area contributed by atoms with E-state index in [0.717, 1.165) is 22.6 Å². The van der Waals surface area contributed by atoms with Gasteiger partial charge in [0.2, 0.25) is 0 Å². The van der Waals surface area contributed by atoms with Crippen LogP contribution in [0.5, 0.6) is 0 Å². The molecule has 0 saturated heterocycles. The predicted octanol–water partition coefficient (Wildman–Crippen LogP) is 3.28. The minimum absolute atomic E-state index is 0.0720. The third-order valence-corrected chi connectivity index (χ3v) is 4.61. The predicted molar refractivity (Wildman–Crippen MR) is 106 cm³/mol. The molecule has 0 radical (unpaired) electrons. The minimum Gasteiger partial charge on any atom is -0.469 e. The van der Waals surface area contributed by atoms with Crippen LogP contribution in [-0.2, 0) is 40.4 Å². The highest BCUT2D eigenvalue weighted by molar-refractivity contribution is 5.90. The van der Waals surface area contributed by atoms with Crippen LogP contribution >= 0.6 is 0 Å². The van der Waals surface area contributed by atoms with Crippen molar-refractivity contribution in [3.63, 3.8) is 0 Å². The van der Waals surface area contributed by atoms with Crippen LogP contribution in [0, 0.1) is 6.92 Å². The van der Waals surface area contributed by atoms with Gasteiger partial charge in [0.05, 0.1) is 26.3 Å². The molecule has 0 amide bonds. The number of carbonyl (C=O) groups excluding carboxylic acids is 2. The maximum Gasteiger partial charge on any atom is 0.355 e. The Labute approximate surface area is 169 Å². The van der Waals surface area contributed by atoms with E-state index in [2.05, 4.69) is 10.3 Å². The first kappa shape index (κ1) is 20.4. The molecule has 0 aliphatic rings. The molecule has 2 N–H and O–H groups in total. The van der Waals surface area contributed by atoms with Gasteiger partial charge in [-0.3, -0.25) is 4.79 Å². The first-order valence-corrected chi connectivity index (χ1v) is 9.29. The third-order valence-electron chi connectivity index (χ3n) is 4.61. The fourth-order valence-corrected chi connectivity index (χ4v) is 3.03. The van der Waals surface area contributed by atoms with Crippen LogP contribution in [0.15, 0.2) is 53.1 Å². The second-order valence-electron chi connectivity index (χ2n) is 6.58. The largest absolute Gasteiger partial charge is 0.469 e. The molecule has 2 aromatic heterocycles. The van der Waals surface area contributed by atoms with E-state index >= 15 is 0 Å². The molecular formula is C22H24N2O5. The summed E-state index contributed by atoms with van der Waals surface area (Å²) in [6.45, 7) is 2.93. The second kappa shape index (κ2) is 9.75. The highest BCUT2D eigenvalue weighted by Crippen LogP contribution is 2.21. The summed E-state index contributed by atoms with van der Waals surface area (Å²) >= 11 is 0. The molecule has 0 spiro atoms. The average Bonchev–Trinajstić information content (AvgIpc) is 3.36. The zero-order chi connectivity index (χ0) is 20.6. The average molecular weight is 396 g/mol. The monoisotopic (exact) mass is 396 g/mol. The highest BCUT2D eigenvalue weighted by atomic mass is 16.5. The van der Waals surface area contributed by atoms with Crippen LogP contribution in [0.1, 0.15) is 38.6 Å². The van der Waals surface area contributed by atoms with E-state index in [9.17, 15) is 9.59 Å². The smallest absolute Gasteiger partial charge is 0.355 e. The van der Waals surface area contributed by atoms with Crippen LogP contribution in [0.2, 0.25) is 0 Å². The van der Waals surface area contributed by atoms with Crippen LogP contribution < -0.4 is 5.32 Å². The van der Waals surface area contributed by atoms with Crippen molar-refractivity contribution in [2.75, 3.05) is 7.11 Å². The first-order chi connectivity index (χ1) is 14.1. The number of esters is 2. The molecular weight excluding hydrogens is 372 g/mol. The Morgan fingerprint density at radius 1 is 1.10 bits per heavy atom. The molecule has 0 fully saturated rings. The van der Waals surface area contributed by atoms with Gasteiger partial charge in [-0.2, -0.15) is 0 Å². The summed E-state index contributed by atoms with van der Waals surface area (Å²) < 4.78 is 15.5. The van der Waals surface area contributed by atoms with E-state index < -0.39 is 5.97 Å². The Hall–Kier alpha value is -3.32. The molecule has 2 heterocycles. The van der Waals surface area contributed by atoms with Gasteiger partial charge in [0.25, 0.3) is 0 Å². The zero-order valence-electron chi connectivity index (χ0n) is 16.5. The van der Waals surface area contributed by atoms with E-state index in [0.29, 0.717) is 24.3 Å². The number of hydrogen-bond donors (Lipinski definition) is 2. The van der Waals surface area contributed by atoms with Crippen molar-refractivity contribution in [2.24, 2.45) is 0 Å². The third kappa shape index (κ3) is 5.36. The van der Waals surface area contributed by atoms with Crippen molar-refractivity contribution in [3.8, 4) is 0 Å². The van der Waals surface area contributed by atoms with Crippen LogP contribution in [0.4, 0.5) is 0 Å². The summed E-state index contributed by atoms with van der Waals surface area (Å²) in [7, 11) is 1.34. The molecule has 7 heteroatoms. The number of aromatic amines is 1. The van der Waals surface area contributed by atoms with Crippen LogP contribution in [-0.4, -0.2) is 24.0 Å².